The topological polar surface area (TPSA) is 148 Å². The molecule has 3 aromatic rings. The predicted octanol–water partition coefficient (Wildman–Crippen LogP) is 4.23. The number of hydrogen-bond acceptors (Lipinski definition) is 8. The number of imide groups is 1. The largest absolute Gasteiger partial charge is 0.454 e. The summed E-state index contributed by atoms with van der Waals surface area (Å²) in [6.07, 6.45) is 0. The van der Waals surface area contributed by atoms with Gasteiger partial charge in [0.15, 0.2) is 13.2 Å². The highest BCUT2D eigenvalue weighted by molar-refractivity contribution is 6.31. The molecular formula is C28H19Cl2F2N3O8. The van der Waals surface area contributed by atoms with E-state index in [0.29, 0.717) is 4.90 Å². The number of hydrogen-bond donors (Lipinski definition) is 2. The third-order valence-electron chi connectivity index (χ3n) is 5.97. The zero-order valence-corrected chi connectivity index (χ0v) is 23.4. The molecule has 3 aromatic carbocycles. The van der Waals surface area contributed by atoms with E-state index in [9.17, 15) is 37.5 Å². The SMILES string of the molecule is C[C@@H](C(=O)OCC(=O)Nc1ccc(F)c(Cl)c1)N1C(=O)c2ccc(C(=O)OCC(=O)Nc3ccc(F)c(Cl)c3)cc2C1=O. The quantitative estimate of drug-likeness (QED) is 0.263. The van der Waals surface area contributed by atoms with E-state index in [4.69, 9.17) is 32.7 Å². The Labute approximate surface area is 251 Å². The number of carbonyl (C=O) groups excluding carboxylic acids is 6. The van der Waals surface area contributed by atoms with Gasteiger partial charge in [0.2, 0.25) is 0 Å². The van der Waals surface area contributed by atoms with E-state index >= 15 is 0 Å². The van der Waals surface area contributed by atoms with Crippen LogP contribution in [0.2, 0.25) is 10.0 Å². The molecular weight excluding hydrogens is 615 g/mol. The van der Waals surface area contributed by atoms with Gasteiger partial charge in [-0.2, -0.15) is 0 Å². The molecule has 0 aromatic heterocycles. The lowest BCUT2D eigenvalue weighted by Gasteiger charge is -2.20. The first kappa shape index (κ1) is 31.1. The monoisotopic (exact) mass is 633 g/mol. The van der Waals surface area contributed by atoms with E-state index in [-0.39, 0.29) is 38.1 Å². The average molecular weight is 634 g/mol. The number of anilines is 2. The van der Waals surface area contributed by atoms with Crippen LogP contribution in [-0.4, -0.2) is 59.7 Å². The first-order chi connectivity index (χ1) is 20.3. The Kier molecular flexibility index (Phi) is 9.37. The highest BCUT2D eigenvalue weighted by Gasteiger charge is 2.42. The number of rotatable bonds is 9. The van der Waals surface area contributed by atoms with Gasteiger partial charge in [0, 0.05) is 11.4 Å². The average Bonchev–Trinajstić information content (AvgIpc) is 3.22. The maximum atomic E-state index is 13.3. The van der Waals surface area contributed by atoms with E-state index in [0.717, 1.165) is 24.3 Å². The van der Waals surface area contributed by atoms with Crippen LogP contribution >= 0.6 is 23.2 Å². The van der Waals surface area contributed by atoms with Crippen molar-refractivity contribution in [1.82, 2.24) is 4.90 Å². The van der Waals surface area contributed by atoms with E-state index in [1.807, 2.05) is 0 Å². The van der Waals surface area contributed by atoms with Gasteiger partial charge < -0.3 is 20.1 Å². The minimum absolute atomic E-state index is 0.0990. The molecule has 43 heavy (non-hydrogen) atoms. The van der Waals surface area contributed by atoms with Gasteiger partial charge in [-0.25, -0.2) is 18.4 Å². The summed E-state index contributed by atoms with van der Waals surface area (Å²) in [6, 6.07) is 8.91. The maximum Gasteiger partial charge on any atom is 0.338 e. The standard InChI is InChI=1S/C28H19Cl2F2N3O8/c1-13(27(40)42-11-23(36)33-15-3-6-21(31)19(29)9-15)35-25(38)17-5-2-14(8-18(17)26(35)39)28(41)43-12-24(37)34-16-4-7-22(32)20(30)10-16/h2-10,13H,11-12H2,1H3,(H,33,36)(H,34,37)/t13-/m0/s1. The normalized spacial score (nSPS) is 12.8. The second-order valence-corrected chi connectivity index (χ2v) is 9.77. The summed E-state index contributed by atoms with van der Waals surface area (Å²) in [5.74, 6) is -6.73. The van der Waals surface area contributed by atoms with Crippen LogP contribution in [0.3, 0.4) is 0 Å². The first-order valence-electron chi connectivity index (χ1n) is 12.2. The summed E-state index contributed by atoms with van der Waals surface area (Å²) in [5.41, 5.74) is -0.144. The van der Waals surface area contributed by atoms with Crippen molar-refractivity contribution < 1.29 is 47.0 Å². The van der Waals surface area contributed by atoms with Crippen LogP contribution < -0.4 is 10.6 Å². The van der Waals surface area contributed by atoms with E-state index < -0.39 is 66.5 Å². The Balaban J connectivity index is 1.33. The Morgan fingerprint density at radius 1 is 0.767 bits per heavy atom. The number of benzene rings is 3. The summed E-state index contributed by atoms with van der Waals surface area (Å²) in [6.45, 7) is -0.294. The molecule has 0 aliphatic carbocycles. The predicted molar refractivity (Wildman–Crippen MR) is 148 cm³/mol. The van der Waals surface area contributed by atoms with Gasteiger partial charge in [0.25, 0.3) is 23.6 Å². The molecule has 0 saturated heterocycles. The molecule has 1 atom stereocenters. The van der Waals surface area contributed by atoms with Crippen LogP contribution in [0.25, 0.3) is 0 Å². The van der Waals surface area contributed by atoms with Crippen LogP contribution in [0.1, 0.15) is 38.0 Å². The molecule has 222 valence electrons. The highest BCUT2D eigenvalue weighted by Crippen LogP contribution is 2.27. The molecule has 11 nitrogen and oxygen atoms in total. The van der Waals surface area contributed by atoms with Crippen molar-refractivity contribution in [2.24, 2.45) is 0 Å². The molecule has 0 radical (unpaired) electrons. The minimum Gasteiger partial charge on any atom is -0.454 e. The molecule has 1 aliphatic heterocycles. The number of halogens is 4. The van der Waals surface area contributed by atoms with Crippen LogP contribution in [0.4, 0.5) is 20.2 Å². The van der Waals surface area contributed by atoms with Crippen molar-refractivity contribution in [3.05, 3.63) is 93.0 Å². The minimum atomic E-state index is -1.44. The Morgan fingerprint density at radius 3 is 1.81 bits per heavy atom. The molecule has 1 aliphatic rings. The number of nitrogens with one attached hydrogen (secondary N) is 2. The molecule has 1 heterocycles. The van der Waals surface area contributed by atoms with Crippen LogP contribution in [0.5, 0.6) is 0 Å². The number of fused-ring (bicyclic) bond motifs is 1. The van der Waals surface area contributed by atoms with Crippen LogP contribution in [-0.2, 0) is 23.9 Å². The third-order valence-corrected chi connectivity index (χ3v) is 6.55. The van der Waals surface area contributed by atoms with Gasteiger partial charge in [-0.15, -0.1) is 0 Å². The lowest BCUT2D eigenvalue weighted by molar-refractivity contribution is -0.150. The van der Waals surface area contributed by atoms with Crippen molar-refractivity contribution in [3.63, 3.8) is 0 Å². The Hall–Kier alpha value is -4.88. The van der Waals surface area contributed by atoms with Gasteiger partial charge in [-0.1, -0.05) is 23.2 Å². The first-order valence-corrected chi connectivity index (χ1v) is 13.0. The second kappa shape index (κ2) is 13.0. The number of nitrogens with zero attached hydrogens (tertiary/aromatic N) is 1. The van der Waals surface area contributed by atoms with Gasteiger partial charge >= 0.3 is 11.9 Å². The number of amides is 4. The van der Waals surface area contributed by atoms with Crippen molar-refractivity contribution in [3.8, 4) is 0 Å². The lowest BCUT2D eigenvalue weighted by atomic mass is 10.1. The van der Waals surface area contributed by atoms with Crippen molar-refractivity contribution in [1.29, 1.82) is 0 Å². The third kappa shape index (κ3) is 7.13. The molecule has 0 unspecified atom stereocenters. The van der Waals surface area contributed by atoms with Crippen molar-refractivity contribution in [2.45, 2.75) is 13.0 Å². The summed E-state index contributed by atoms with van der Waals surface area (Å²) < 4.78 is 36.4. The van der Waals surface area contributed by atoms with E-state index in [1.165, 1.54) is 37.3 Å². The number of carbonyl (C=O) groups is 6. The number of esters is 2. The molecule has 0 spiro atoms. The fourth-order valence-corrected chi connectivity index (χ4v) is 4.22. The summed E-state index contributed by atoms with van der Waals surface area (Å²) in [5, 5.41) is 4.27. The van der Waals surface area contributed by atoms with E-state index in [2.05, 4.69) is 10.6 Å². The van der Waals surface area contributed by atoms with Crippen LogP contribution in [0, 0.1) is 11.6 Å². The fourth-order valence-electron chi connectivity index (χ4n) is 3.86. The second-order valence-electron chi connectivity index (χ2n) is 8.95. The summed E-state index contributed by atoms with van der Waals surface area (Å²) in [4.78, 5) is 75.8. The zero-order valence-electron chi connectivity index (χ0n) is 21.9. The van der Waals surface area contributed by atoms with Gasteiger partial charge in [0.1, 0.15) is 17.7 Å². The lowest BCUT2D eigenvalue weighted by Crippen LogP contribution is -2.44. The zero-order chi connectivity index (χ0) is 31.4. The molecule has 2 N–H and O–H groups in total. The maximum absolute atomic E-state index is 13.3. The van der Waals surface area contributed by atoms with Gasteiger partial charge in [-0.3, -0.25) is 24.1 Å². The molecule has 0 fully saturated rings. The Bertz CT molecular complexity index is 1680. The van der Waals surface area contributed by atoms with Gasteiger partial charge in [-0.05, 0) is 61.5 Å². The highest BCUT2D eigenvalue weighted by atomic mass is 35.5. The summed E-state index contributed by atoms with van der Waals surface area (Å²) >= 11 is 11.3. The number of ether oxygens (including phenoxy) is 2. The smallest absolute Gasteiger partial charge is 0.338 e. The molecule has 4 amide bonds. The molecule has 15 heteroatoms. The van der Waals surface area contributed by atoms with E-state index in [1.54, 1.807) is 0 Å². The van der Waals surface area contributed by atoms with Crippen LogP contribution in [0.15, 0.2) is 54.6 Å². The molecule has 0 bridgehead atoms. The molecule has 4 rings (SSSR count). The van der Waals surface area contributed by atoms with Gasteiger partial charge in [0.05, 0.1) is 26.7 Å². The van der Waals surface area contributed by atoms with Crippen molar-refractivity contribution >= 4 is 70.1 Å². The van der Waals surface area contributed by atoms with Crippen molar-refractivity contribution in [2.75, 3.05) is 23.8 Å². The Morgan fingerprint density at radius 2 is 1.28 bits per heavy atom. The molecule has 0 saturated carbocycles. The fraction of sp³-hybridized carbons (Fsp3) is 0.143. The summed E-state index contributed by atoms with van der Waals surface area (Å²) in [7, 11) is 0.